The number of para-hydroxylation sites is 1. The minimum atomic E-state index is -0.896. The molecule has 0 N–H and O–H groups in total. The standard InChI is InChI=1S/C20H19F2N3O3/c1-13-6-3-4-9-16(13)27-12-18-23-17(24-28-18)10-11-25(2)20(26)19-14(21)7-5-8-15(19)22/h3-9H,10-12H2,1-2H3. The average molecular weight is 387 g/mol. The van der Waals surface area contributed by atoms with Crippen molar-refractivity contribution in [1.29, 1.82) is 0 Å². The lowest BCUT2D eigenvalue weighted by molar-refractivity contribution is 0.0786. The summed E-state index contributed by atoms with van der Waals surface area (Å²) in [5, 5.41) is 3.84. The summed E-state index contributed by atoms with van der Waals surface area (Å²) in [5.74, 6) is -1.15. The van der Waals surface area contributed by atoms with E-state index in [1.54, 1.807) is 0 Å². The Bertz CT molecular complexity index is 955. The molecule has 1 heterocycles. The van der Waals surface area contributed by atoms with Crippen LogP contribution in [-0.4, -0.2) is 34.5 Å². The highest BCUT2D eigenvalue weighted by Gasteiger charge is 2.21. The first-order chi connectivity index (χ1) is 13.5. The Hall–Kier alpha value is -3.29. The summed E-state index contributed by atoms with van der Waals surface area (Å²) in [6.45, 7) is 2.22. The lowest BCUT2D eigenvalue weighted by Gasteiger charge is -2.16. The van der Waals surface area contributed by atoms with Gasteiger partial charge < -0.3 is 14.2 Å². The van der Waals surface area contributed by atoms with Gasteiger partial charge in [-0.2, -0.15) is 4.98 Å². The molecule has 2 aromatic carbocycles. The predicted octanol–water partition coefficient (Wildman–Crippen LogP) is 3.55. The zero-order valence-corrected chi connectivity index (χ0v) is 15.5. The maximum absolute atomic E-state index is 13.7. The SMILES string of the molecule is Cc1ccccc1OCc1nc(CCN(C)C(=O)c2c(F)cccc2F)no1. The second kappa shape index (κ2) is 8.60. The number of hydrogen-bond donors (Lipinski definition) is 0. The summed E-state index contributed by atoms with van der Waals surface area (Å²) in [6, 6.07) is 10.9. The van der Waals surface area contributed by atoms with Crippen LogP contribution in [-0.2, 0) is 13.0 Å². The molecule has 0 spiro atoms. The molecule has 0 saturated heterocycles. The molecule has 0 aliphatic heterocycles. The molecule has 146 valence electrons. The molecule has 0 atom stereocenters. The fourth-order valence-electron chi connectivity index (χ4n) is 2.57. The monoisotopic (exact) mass is 387 g/mol. The molecular weight excluding hydrogens is 368 g/mol. The number of likely N-dealkylation sites (N-methyl/N-ethyl adjacent to an activating group) is 1. The number of halogens is 2. The van der Waals surface area contributed by atoms with Gasteiger partial charge in [-0.25, -0.2) is 8.78 Å². The maximum Gasteiger partial charge on any atom is 0.264 e. The summed E-state index contributed by atoms with van der Waals surface area (Å²) in [4.78, 5) is 17.7. The molecule has 0 saturated carbocycles. The molecular formula is C20H19F2N3O3. The molecule has 0 fully saturated rings. The Kier molecular flexibility index (Phi) is 5.98. The van der Waals surface area contributed by atoms with Gasteiger partial charge in [0.1, 0.15) is 22.9 Å². The Morgan fingerprint density at radius 2 is 1.86 bits per heavy atom. The quantitative estimate of drug-likeness (QED) is 0.620. The van der Waals surface area contributed by atoms with Crippen LogP contribution in [0.4, 0.5) is 8.78 Å². The van der Waals surface area contributed by atoms with Gasteiger partial charge in [0.2, 0.25) is 0 Å². The van der Waals surface area contributed by atoms with Gasteiger partial charge >= 0.3 is 0 Å². The van der Waals surface area contributed by atoms with Crippen molar-refractivity contribution >= 4 is 5.91 Å². The van der Waals surface area contributed by atoms with Gasteiger partial charge in [-0.05, 0) is 30.7 Å². The number of rotatable bonds is 7. The Labute approximate surface area is 160 Å². The van der Waals surface area contributed by atoms with Crippen LogP contribution >= 0.6 is 0 Å². The van der Waals surface area contributed by atoms with E-state index in [1.165, 1.54) is 18.0 Å². The van der Waals surface area contributed by atoms with E-state index in [9.17, 15) is 13.6 Å². The molecule has 1 amide bonds. The number of carbonyl (C=O) groups is 1. The number of benzene rings is 2. The number of aromatic nitrogens is 2. The van der Waals surface area contributed by atoms with E-state index >= 15 is 0 Å². The molecule has 6 nitrogen and oxygen atoms in total. The number of carbonyl (C=O) groups excluding carboxylic acids is 1. The molecule has 0 radical (unpaired) electrons. The third-order valence-corrected chi connectivity index (χ3v) is 4.15. The average Bonchev–Trinajstić information content (AvgIpc) is 3.13. The minimum absolute atomic E-state index is 0.118. The first kappa shape index (κ1) is 19.5. The molecule has 8 heteroatoms. The molecule has 3 rings (SSSR count). The van der Waals surface area contributed by atoms with Crippen LogP contribution in [0.1, 0.15) is 27.6 Å². The van der Waals surface area contributed by atoms with Crippen LogP contribution < -0.4 is 4.74 Å². The Morgan fingerprint density at radius 3 is 2.57 bits per heavy atom. The molecule has 0 aliphatic rings. The molecule has 3 aromatic rings. The smallest absolute Gasteiger partial charge is 0.264 e. The lowest BCUT2D eigenvalue weighted by Crippen LogP contribution is -2.30. The molecule has 28 heavy (non-hydrogen) atoms. The largest absolute Gasteiger partial charge is 0.483 e. The number of hydrogen-bond acceptors (Lipinski definition) is 5. The predicted molar refractivity (Wildman–Crippen MR) is 96.8 cm³/mol. The number of aryl methyl sites for hydroxylation is 1. The van der Waals surface area contributed by atoms with Crippen LogP contribution in [0.3, 0.4) is 0 Å². The van der Waals surface area contributed by atoms with E-state index in [0.717, 1.165) is 23.4 Å². The Balaban J connectivity index is 1.55. The van der Waals surface area contributed by atoms with Gasteiger partial charge in [0.25, 0.3) is 11.8 Å². The normalized spacial score (nSPS) is 10.7. The fourth-order valence-corrected chi connectivity index (χ4v) is 2.57. The summed E-state index contributed by atoms with van der Waals surface area (Å²) in [5.41, 5.74) is 0.410. The zero-order chi connectivity index (χ0) is 20.1. The maximum atomic E-state index is 13.7. The van der Waals surface area contributed by atoms with E-state index in [1.807, 2.05) is 31.2 Å². The number of ether oxygens (including phenoxy) is 1. The van der Waals surface area contributed by atoms with Crippen molar-refractivity contribution in [2.75, 3.05) is 13.6 Å². The summed E-state index contributed by atoms with van der Waals surface area (Å²) in [6.07, 6.45) is 0.270. The van der Waals surface area contributed by atoms with E-state index in [4.69, 9.17) is 9.26 Å². The van der Waals surface area contributed by atoms with E-state index in [0.29, 0.717) is 11.7 Å². The van der Waals surface area contributed by atoms with Gasteiger partial charge in [0.15, 0.2) is 12.4 Å². The van der Waals surface area contributed by atoms with E-state index in [2.05, 4.69) is 10.1 Å². The molecule has 0 bridgehead atoms. The van der Waals surface area contributed by atoms with Gasteiger partial charge in [-0.3, -0.25) is 4.79 Å². The zero-order valence-electron chi connectivity index (χ0n) is 15.5. The molecule has 1 aromatic heterocycles. The van der Waals surface area contributed by atoms with E-state index in [-0.39, 0.29) is 19.6 Å². The van der Waals surface area contributed by atoms with Crippen LogP contribution in [0.2, 0.25) is 0 Å². The minimum Gasteiger partial charge on any atom is -0.483 e. The Morgan fingerprint density at radius 1 is 1.14 bits per heavy atom. The van der Waals surface area contributed by atoms with Gasteiger partial charge in [-0.1, -0.05) is 29.4 Å². The van der Waals surface area contributed by atoms with Crippen LogP contribution in [0.15, 0.2) is 47.0 Å². The van der Waals surface area contributed by atoms with Crippen molar-refractivity contribution in [3.63, 3.8) is 0 Å². The topological polar surface area (TPSA) is 68.5 Å². The molecule has 0 unspecified atom stereocenters. The number of amides is 1. The van der Waals surface area contributed by atoms with Crippen molar-refractivity contribution in [3.8, 4) is 5.75 Å². The third-order valence-electron chi connectivity index (χ3n) is 4.15. The van der Waals surface area contributed by atoms with Crippen LogP contribution in [0.25, 0.3) is 0 Å². The highest BCUT2D eigenvalue weighted by Crippen LogP contribution is 2.18. The van der Waals surface area contributed by atoms with Crippen molar-refractivity contribution in [2.45, 2.75) is 20.0 Å². The molecule has 0 aliphatic carbocycles. The van der Waals surface area contributed by atoms with E-state index < -0.39 is 23.1 Å². The first-order valence-electron chi connectivity index (χ1n) is 8.65. The van der Waals surface area contributed by atoms with Crippen molar-refractivity contribution in [2.24, 2.45) is 0 Å². The summed E-state index contributed by atoms with van der Waals surface area (Å²) >= 11 is 0. The van der Waals surface area contributed by atoms with Crippen molar-refractivity contribution < 1.29 is 22.8 Å². The van der Waals surface area contributed by atoms with Gasteiger partial charge in [0, 0.05) is 20.0 Å². The lowest BCUT2D eigenvalue weighted by atomic mass is 10.1. The second-order valence-electron chi connectivity index (χ2n) is 6.23. The first-order valence-corrected chi connectivity index (χ1v) is 8.65. The van der Waals surface area contributed by atoms with Gasteiger partial charge in [-0.15, -0.1) is 0 Å². The second-order valence-corrected chi connectivity index (χ2v) is 6.23. The highest BCUT2D eigenvalue weighted by molar-refractivity contribution is 5.94. The van der Waals surface area contributed by atoms with Crippen LogP contribution in [0, 0.1) is 18.6 Å². The fraction of sp³-hybridized carbons (Fsp3) is 0.250. The summed E-state index contributed by atoms with van der Waals surface area (Å²) < 4.78 is 38.3. The highest BCUT2D eigenvalue weighted by atomic mass is 19.1. The van der Waals surface area contributed by atoms with Crippen molar-refractivity contribution in [1.82, 2.24) is 15.0 Å². The van der Waals surface area contributed by atoms with Crippen LogP contribution in [0.5, 0.6) is 5.75 Å². The summed E-state index contributed by atoms with van der Waals surface area (Å²) in [7, 11) is 1.45. The van der Waals surface area contributed by atoms with Gasteiger partial charge in [0.05, 0.1) is 0 Å². The third kappa shape index (κ3) is 4.51. The number of nitrogens with zero attached hydrogens (tertiary/aromatic N) is 3. The van der Waals surface area contributed by atoms with Crippen molar-refractivity contribution in [3.05, 3.63) is 76.9 Å².